The Morgan fingerprint density at radius 3 is 2.80 bits per heavy atom. The number of hydrogen-bond donors (Lipinski definition) is 1. The second-order valence-electron chi connectivity index (χ2n) is 5.41. The van der Waals surface area contributed by atoms with E-state index in [-0.39, 0.29) is 12.6 Å². The van der Waals surface area contributed by atoms with Crippen LogP contribution in [0.3, 0.4) is 0 Å². The molecule has 3 aromatic rings. The summed E-state index contributed by atoms with van der Waals surface area (Å²) in [5.41, 5.74) is 2.25. The Kier molecular flexibility index (Phi) is 5.53. The average Bonchev–Trinajstić information content (AvgIpc) is 2.96. The first kappa shape index (κ1) is 17.3. The molecule has 0 amide bonds. The van der Waals surface area contributed by atoms with Crippen LogP contribution >= 0.6 is 0 Å². The van der Waals surface area contributed by atoms with E-state index in [9.17, 15) is 4.79 Å². The van der Waals surface area contributed by atoms with E-state index in [0.29, 0.717) is 37.7 Å². The highest BCUT2D eigenvalue weighted by atomic mass is 16.5. The van der Waals surface area contributed by atoms with Crippen LogP contribution in [0.15, 0.2) is 42.6 Å². The predicted molar refractivity (Wildman–Crippen MR) is 94.3 cm³/mol. The number of fused-ring (bicyclic) bond motifs is 3. The van der Waals surface area contributed by atoms with Crippen molar-refractivity contribution >= 4 is 22.4 Å². The van der Waals surface area contributed by atoms with Crippen molar-refractivity contribution in [2.24, 2.45) is 0 Å². The predicted octanol–water partition coefficient (Wildman–Crippen LogP) is 2.66. The molecule has 0 unspecified atom stereocenters. The van der Waals surface area contributed by atoms with E-state index in [1.165, 1.54) is 0 Å². The second-order valence-corrected chi connectivity index (χ2v) is 5.41. The van der Waals surface area contributed by atoms with Gasteiger partial charge in [0.15, 0.2) is 0 Å². The number of aromatic nitrogens is 1. The molecular weight excluding hydrogens is 322 g/mol. The fourth-order valence-electron chi connectivity index (χ4n) is 2.81. The molecular formula is C19H21NO5. The van der Waals surface area contributed by atoms with E-state index >= 15 is 0 Å². The van der Waals surface area contributed by atoms with Crippen molar-refractivity contribution in [2.75, 3.05) is 33.0 Å². The number of benzene rings is 1. The summed E-state index contributed by atoms with van der Waals surface area (Å²) in [6.45, 7) is 3.22. The smallest absolute Gasteiger partial charge is 0.340 e. The summed E-state index contributed by atoms with van der Waals surface area (Å²) in [4.78, 5) is 12.4. The quantitative estimate of drug-likeness (QED) is 0.503. The maximum atomic E-state index is 12.4. The first-order valence-electron chi connectivity index (χ1n) is 8.27. The third-order valence-electron chi connectivity index (χ3n) is 3.83. The molecule has 0 aliphatic rings. The fraction of sp³-hybridized carbons (Fsp3) is 0.316. The van der Waals surface area contributed by atoms with Gasteiger partial charge in [-0.2, -0.15) is 0 Å². The summed E-state index contributed by atoms with van der Waals surface area (Å²) in [5, 5.41) is 9.51. The van der Waals surface area contributed by atoms with Crippen LogP contribution in [0.2, 0.25) is 0 Å². The van der Waals surface area contributed by atoms with Crippen molar-refractivity contribution in [3.63, 3.8) is 0 Å². The molecule has 6 heteroatoms. The van der Waals surface area contributed by atoms with Crippen molar-refractivity contribution in [3.8, 4) is 5.75 Å². The lowest BCUT2D eigenvalue weighted by Crippen LogP contribution is -2.09. The minimum atomic E-state index is -0.327. The molecule has 0 saturated heterocycles. The molecule has 132 valence electrons. The number of nitrogens with zero attached hydrogens (tertiary/aromatic N) is 1. The molecule has 6 nitrogen and oxygen atoms in total. The maximum Gasteiger partial charge on any atom is 0.340 e. The Hall–Kier alpha value is -2.57. The Morgan fingerprint density at radius 1 is 1.12 bits per heavy atom. The lowest BCUT2D eigenvalue weighted by molar-refractivity contribution is 0.0531. The Balaban J connectivity index is 1.94. The molecule has 0 aliphatic heterocycles. The highest BCUT2D eigenvalue weighted by molar-refractivity contribution is 6.11. The number of esters is 1. The van der Waals surface area contributed by atoms with Crippen molar-refractivity contribution in [3.05, 3.63) is 48.2 Å². The molecule has 0 radical (unpaired) electrons. The first-order valence-corrected chi connectivity index (χ1v) is 8.27. The van der Waals surface area contributed by atoms with Crippen molar-refractivity contribution < 1.29 is 24.1 Å². The average molecular weight is 343 g/mol. The lowest BCUT2D eigenvalue weighted by Gasteiger charge is -2.07. The summed E-state index contributed by atoms with van der Waals surface area (Å²) in [6.07, 6.45) is 1.91. The molecule has 0 bridgehead atoms. The van der Waals surface area contributed by atoms with Gasteiger partial charge in [-0.05, 0) is 31.2 Å². The van der Waals surface area contributed by atoms with Crippen molar-refractivity contribution in [2.45, 2.75) is 6.92 Å². The second kappa shape index (κ2) is 8.00. The molecule has 25 heavy (non-hydrogen) atoms. The molecule has 0 saturated carbocycles. The zero-order valence-corrected chi connectivity index (χ0v) is 14.1. The van der Waals surface area contributed by atoms with Crippen molar-refractivity contribution in [1.82, 2.24) is 4.40 Å². The fourth-order valence-corrected chi connectivity index (χ4v) is 2.81. The van der Waals surface area contributed by atoms with Crippen LogP contribution in [0.5, 0.6) is 5.75 Å². The Morgan fingerprint density at radius 2 is 2.00 bits per heavy atom. The molecule has 3 rings (SSSR count). The monoisotopic (exact) mass is 343 g/mol. The van der Waals surface area contributed by atoms with Gasteiger partial charge in [0.05, 0.1) is 43.0 Å². The normalized spacial score (nSPS) is 11.1. The first-order chi connectivity index (χ1) is 12.3. The topological polar surface area (TPSA) is 69.4 Å². The summed E-state index contributed by atoms with van der Waals surface area (Å²) in [6, 6.07) is 11.3. The lowest BCUT2D eigenvalue weighted by atomic mass is 10.1. The van der Waals surface area contributed by atoms with Crippen LogP contribution in [0.25, 0.3) is 16.4 Å². The zero-order chi connectivity index (χ0) is 17.6. The van der Waals surface area contributed by atoms with E-state index in [1.54, 1.807) is 6.92 Å². The standard InChI is InChI=1S/C19H21NO5/c1-2-24-19(22)18-15-7-6-14(25-12-11-23-10-9-21)13-17(15)20-8-4-3-5-16(18)20/h3-8,13,21H,2,9-12H2,1H3. The highest BCUT2D eigenvalue weighted by Crippen LogP contribution is 2.30. The molecule has 0 aliphatic carbocycles. The number of ether oxygens (including phenoxy) is 3. The van der Waals surface area contributed by atoms with Gasteiger partial charge in [-0.3, -0.25) is 0 Å². The molecule has 0 fully saturated rings. The number of pyridine rings is 1. The number of carbonyl (C=O) groups excluding carboxylic acids is 1. The van der Waals surface area contributed by atoms with Crippen LogP contribution in [-0.2, 0) is 9.47 Å². The number of carbonyl (C=O) groups is 1. The third-order valence-corrected chi connectivity index (χ3v) is 3.83. The maximum absolute atomic E-state index is 12.4. The number of aliphatic hydroxyl groups excluding tert-OH is 1. The van der Waals surface area contributed by atoms with Gasteiger partial charge in [-0.25, -0.2) is 4.79 Å². The van der Waals surface area contributed by atoms with Gasteiger partial charge in [0.2, 0.25) is 0 Å². The van der Waals surface area contributed by atoms with Gasteiger partial charge in [0, 0.05) is 17.6 Å². The Labute approximate surface area is 145 Å². The number of aliphatic hydroxyl groups is 1. The van der Waals surface area contributed by atoms with E-state index in [1.807, 2.05) is 47.0 Å². The highest BCUT2D eigenvalue weighted by Gasteiger charge is 2.19. The summed E-state index contributed by atoms with van der Waals surface area (Å²) >= 11 is 0. The van der Waals surface area contributed by atoms with Crippen LogP contribution < -0.4 is 4.74 Å². The molecule has 2 heterocycles. The molecule has 2 aromatic heterocycles. The van der Waals surface area contributed by atoms with Crippen molar-refractivity contribution in [1.29, 1.82) is 0 Å². The molecule has 1 aromatic carbocycles. The minimum absolute atomic E-state index is 0.00125. The molecule has 0 atom stereocenters. The van der Waals surface area contributed by atoms with Crippen LogP contribution in [0, 0.1) is 0 Å². The van der Waals surface area contributed by atoms with Gasteiger partial charge in [0.1, 0.15) is 12.4 Å². The summed E-state index contributed by atoms with van der Waals surface area (Å²) in [5.74, 6) is 0.367. The largest absolute Gasteiger partial charge is 0.491 e. The van der Waals surface area contributed by atoms with E-state index in [2.05, 4.69) is 0 Å². The third kappa shape index (κ3) is 3.60. The van der Waals surface area contributed by atoms with Gasteiger partial charge >= 0.3 is 5.97 Å². The van der Waals surface area contributed by atoms with Crippen LogP contribution in [-0.4, -0.2) is 48.5 Å². The van der Waals surface area contributed by atoms with E-state index in [0.717, 1.165) is 16.4 Å². The summed E-state index contributed by atoms with van der Waals surface area (Å²) in [7, 11) is 0. The number of rotatable bonds is 8. The van der Waals surface area contributed by atoms with Gasteiger partial charge < -0.3 is 23.7 Å². The van der Waals surface area contributed by atoms with Crippen LogP contribution in [0.1, 0.15) is 17.3 Å². The number of hydrogen-bond acceptors (Lipinski definition) is 5. The van der Waals surface area contributed by atoms with Crippen LogP contribution in [0.4, 0.5) is 0 Å². The van der Waals surface area contributed by atoms with E-state index in [4.69, 9.17) is 19.3 Å². The SMILES string of the molecule is CCOC(=O)c1c2ccc(OCCOCCO)cc2n2ccccc12. The van der Waals surface area contributed by atoms with Gasteiger partial charge in [-0.1, -0.05) is 6.07 Å². The molecule has 0 spiro atoms. The minimum Gasteiger partial charge on any atom is -0.491 e. The van der Waals surface area contributed by atoms with Gasteiger partial charge in [-0.15, -0.1) is 0 Å². The van der Waals surface area contributed by atoms with Gasteiger partial charge in [0.25, 0.3) is 0 Å². The Bertz CT molecular complexity index is 871. The summed E-state index contributed by atoms with van der Waals surface area (Å²) < 4.78 is 18.0. The van der Waals surface area contributed by atoms with E-state index < -0.39 is 0 Å². The molecule has 1 N–H and O–H groups in total. The zero-order valence-electron chi connectivity index (χ0n) is 14.1.